The van der Waals surface area contributed by atoms with Crippen LogP contribution in [0.5, 0.6) is 0 Å². The molecule has 152 valence electrons. The lowest BCUT2D eigenvalue weighted by Gasteiger charge is -2.12. The van der Waals surface area contributed by atoms with Crippen molar-refractivity contribution in [3.8, 4) is 11.5 Å². The van der Waals surface area contributed by atoms with Crippen molar-refractivity contribution in [1.29, 1.82) is 0 Å². The van der Waals surface area contributed by atoms with Gasteiger partial charge in [0.2, 0.25) is 10.0 Å². The quantitative estimate of drug-likeness (QED) is 0.626. The number of hydrogen-bond donors (Lipinski definition) is 2. The predicted octanol–water partition coefficient (Wildman–Crippen LogP) is 3.89. The fraction of sp³-hybridized carbons (Fsp3) is 0.500. The Bertz CT molecular complexity index is 1080. The van der Waals surface area contributed by atoms with Gasteiger partial charge in [-0.3, -0.25) is 5.10 Å². The van der Waals surface area contributed by atoms with Crippen LogP contribution in [0.4, 0.5) is 0 Å². The van der Waals surface area contributed by atoms with Crippen molar-refractivity contribution in [2.45, 2.75) is 64.9 Å². The Hall–Kier alpha value is -2.19. The molecule has 0 atom stereocenters. The lowest BCUT2D eigenvalue weighted by Crippen LogP contribution is -2.30. The largest absolute Gasteiger partial charge is 0.320 e. The molecular formula is C20H29N5O2S. The standard InChI is InChI=1S/C20H29N5O2S/c1-12(2)9-15-10-18(23-22-15)20-21-17-11-16(28(26,27)24-13(3)4)7-8-19(17)25(20)14(5)6/h7-8,10-14,24H,9H2,1-6H3,(H,22,23). The SMILES string of the molecule is CC(C)Cc1cc(-c2nc3cc(S(=O)(=O)NC(C)C)ccc3n2C(C)C)n[nH]1. The zero-order valence-corrected chi connectivity index (χ0v) is 18.1. The van der Waals surface area contributed by atoms with Crippen LogP contribution in [0.1, 0.15) is 53.3 Å². The number of fused-ring (bicyclic) bond motifs is 1. The molecule has 2 aromatic heterocycles. The topological polar surface area (TPSA) is 92.7 Å². The molecule has 0 saturated carbocycles. The van der Waals surface area contributed by atoms with Crippen molar-refractivity contribution in [2.75, 3.05) is 0 Å². The second-order valence-corrected chi connectivity index (χ2v) is 9.92. The maximum atomic E-state index is 12.5. The number of rotatable bonds is 7. The molecule has 0 bridgehead atoms. The van der Waals surface area contributed by atoms with E-state index in [4.69, 9.17) is 4.98 Å². The first-order valence-electron chi connectivity index (χ1n) is 9.67. The van der Waals surface area contributed by atoms with E-state index in [2.05, 4.69) is 47.2 Å². The summed E-state index contributed by atoms with van der Waals surface area (Å²) in [5.41, 5.74) is 3.37. The van der Waals surface area contributed by atoms with Gasteiger partial charge in [0.1, 0.15) is 5.69 Å². The zero-order chi connectivity index (χ0) is 20.6. The van der Waals surface area contributed by atoms with E-state index < -0.39 is 10.0 Å². The Morgan fingerprint density at radius 1 is 1.11 bits per heavy atom. The van der Waals surface area contributed by atoms with Crippen LogP contribution in [0.3, 0.4) is 0 Å². The predicted molar refractivity (Wildman–Crippen MR) is 112 cm³/mol. The summed E-state index contributed by atoms with van der Waals surface area (Å²) in [6.07, 6.45) is 0.915. The van der Waals surface area contributed by atoms with Gasteiger partial charge in [-0.2, -0.15) is 5.10 Å². The number of hydrogen-bond acceptors (Lipinski definition) is 4. The highest BCUT2D eigenvalue weighted by molar-refractivity contribution is 7.89. The normalized spacial score (nSPS) is 12.8. The van der Waals surface area contributed by atoms with Crippen LogP contribution in [0.15, 0.2) is 29.2 Å². The minimum absolute atomic E-state index is 0.154. The van der Waals surface area contributed by atoms with Crippen LogP contribution >= 0.6 is 0 Å². The van der Waals surface area contributed by atoms with E-state index in [1.54, 1.807) is 26.0 Å². The Morgan fingerprint density at radius 3 is 2.43 bits per heavy atom. The summed E-state index contributed by atoms with van der Waals surface area (Å²) in [7, 11) is -3.57. The third-order valence-corrected chi connectivity index (χ3v) is 6.02. The summed E-state index contributed by atoms with van der Waals surface area (Å²) in [6.45, 7) is 12.1. The minimum Gasteiger partial charge on any atom is -0.320 e. The average molecular weight is 404 g/mol. The molecule has 0 aliphatic heterocycles. The van der Waals surface area contributed by atoms with Crippen LogP contribution < -0.4 is 4.72 Å². The van der Waals surface area contributed by atoms with Gasteiger partial charge in [0.25, 0.3) is 0 Å². The molecule has 2 N–H and O–H groups in total. The average Bonchev–Trinajstić information content (AvgIpc) is 3.15. The fourth-order valence-corrected chi connectivity index (χ4v) is 4.62. The molecule has 3 rings (SSSR count). The van der Waals surface area contributed by atoms with Crippen molar-refractivity contribution in [3.05, 3.63) is 30.0 Å². The summed E-state index contributed by atoms with van der Waals surface area (Å²) in [5, 5.41) is 7.54. The number of imidazole rings is 1. The summed E-state index contributed by atoms with van der Waals surface area (Å²) in [4.78, 5) is 4.96. The van der Waals surface area contributed by atoms with Gasteiger partial charge >= 0.3 is 0 Å². The molecule has 0 radical (unpaired) electrons. The van der Waals surface area contributed by atoms with Gasteiger partial charge in [-0.15, -0.1) is 0 Å². The molecule has 0 aliphatic carbocycles. The number of sulfonamides is 1. The van der Waals surface area contributed by atoms with E-state index in [-0.39, 0.29) is 17.0 Å². The van der Waals surface area contributed by atoms with Gasteiger partial charge in [-0.25, -0.2) is 18.1 Å². The molecule has 0 unspecified atom stereocenters. The smallest absolute Gasteiger partial charge is 0.240 e. The van der Waals surface area contributed by atoms with E-state index in [1.165, 1.54) is 0 Å². The Labute approximate surface area is 166 Å². The van der Waals surface area contributed by atoms with Crippen molar-refractivity contribution in [3.63, 3.8) is 0 Å². The fourth-order valence-electron chi connectivity index (χ4n) is 3.35. The van der Waals surface area contributed by atoms with E-state index in [0.717, 1.165) is 29.1 Å². The Morgan fingerprint density at radius 2 is 1.82 bits per heavy atom. The number of nitrogens with zero attached hydrogens (tertiary/aromatic N) is 3. The molecular weight excluding hydrogens is 374 g/mol. The van der Waals surface area contributed by atoms with Crippen molar-refractivity contribution < 1.29 is 8.42 Å². The lowest BCUT2D eigenvalue weighted by molar-refractivity contribution is 0.570. The second kappa shape index (κ2) is 7.67. The number of benzene rings is 1. The maximum Gasteiger partial charge on any atom is 0.240 e. The maximum absolute atomic E-state index is 12.5. The van der Waals surface area contributed by atoms with Crippen molar-refractivity contribution >= 4 is 21.1 Å². The first kappa shape index (κ1) is 20.5. The van der Waals surface area contributed by atoms with E-state index >= 15 is 0 Å². The van der Waals surface area contributed by atoms with Crippen molar-refractivity contribution in [1.82, 2.24) is 24.5 Å². The number of nitrogens with one attached hydrogen (secondary N) is 2. The molecule has 1 aromatic carbocycles. The molecule has 0 spiro atoms. The summed E-state index contributed by atoms with van der Waals surface area (Å²) in [5.74, 6) is 1.26. The molecule has 28 heavy (non-hydrogen) atoms. The molecule has 3 aromatic rings. The first-order chi connectivity index (χ1) is 13.1. The molecule has 8 heteroatoms. The Balaban J connectivity index is 2.11. The number of aromatic nitrogens is 4. The van der Waals surface area contributed by atoms with Gasteiger partial charge in [-0.1, -0.05) is 13.8 Å². The van der Waals surface area contributed by atoms with Gasteiger partial charge in [0.15, 0.2) is 5.82 Å². The highest BCUT2D eigenvalue weighted by atomic mass is 32.2. The molecule has 7 nitrogen and oxygen atoms in total. The van der Waals surface area contributed by atoms with Crippen molar-refractivity contribution in [2.24, 2.45) is 5.92 Å². The second-order valence-electron chi connectivity index (χ2n) is 8.20. The summed E-state index contributed by atoms with van der Waals surface area (Å²) >= 11 is 0. The third kappa shape index (κ3) is 4.12. The van der Waals surface area contributed by atoms with Crippen LogP contribution in [0.2, 0.25) is 0 Å². The molecule has 0 aliphatic rings. The van der Waals surface area contributed by atoms with Crippen LogP contribution in [-0.2, 0) is 16.4 Å². The van der Waals surface area contributed by atoms with Gasteiger partial charge in [0.05, 0.1) is 15.9 Å². The highest BCUT2D eigenvalue weighted by Gasteiger charge is 2.21. The van der Waals surface area contributed by atoms with Gasteiger partial charge in [0, 0.05) is 17.8 Å². The monoisotopic (exact) mass is 403 g/mol. The first-order valence-corrected chi connectivity index (χ1v) is 11.2. The van der Waals surface area contributed by atoms with Crippen LogP contribution in [0, 0.1) is 5.92 Å². The van der Waals surface area contributed by atoms with E-state index in [1.807, 2.05) is 12.1 Å². The lowest BCUT2D eigenvalue weighted by atomic mass is 10.1. The molecule has 2 heterocycles. The molecule has 0 fully saturated rings. The number of aromatic amines is 1. The Kier molecular flexibility index (Phi) is 5.63. The molecule has 0 amide bonds. The van der Waals surface area contributed by atoms with E-state index in [9.17, 15) is 8.42 Å². The van der Waals surface area contributed by atoms with E-state index in [0.29, 0.717) is 11.4 Å². The zero-order valence-electron chi connectivity index (χ0n) is 17.3. The minimum atomic E-state index is -3.57. The van der Waals surface area contributed by atoms with Gasteiger partial charge in [-0.05, 0) is 64.3 Å². The summed E-state index contributed by atoms with van der Waals surface area (Å²) in [6, 6.07) is 7.09. The molecule has 0 saturated heterocycles. The number of H-pyrrole nitrogens is 1. The highest BCUT2D eigenvalue weighted by Crippen LogP contribution is 2.29. The third-order valence-electron chi connectivity index (χ3n) is 4.37. The van der Waals surface area contributed by atoms with Crippen LogP contribution in [-0.4, -0.2) is 34.2 Å². The summed E-state index contributed by atoms with van der Waals surface area (Å²) < 4.78 is 29.8. The van der Waals surface area contributed by atoms with Crippen LogP contribution in [0.25, 0.3) is 22.6 Å². The van der Waals surface area contributed by atoms with Gasteiger partial charge < -0.3 is 4.57 Å².